The van der Waals surface area contributed by atoms with Crippen LogP contribution in [0.15, 0.2) is 27.5 Å². The number of nitro benzene ring substituents is 1. The fourth-order valence-electron chi connectivity index (χ4n) is 2.63. The zero-order valence-corrected chi connectivity index (χ0v) is 14.1. The predicted octanol–water partition coefficient (Wildman–Crippen LogP) is 0.672. The molecule has 0 unspecified atom stereocenters. The number of imide groups is 1. The summed E-state index contributed by atoms with van der Waals surface area (Å²) in [6, 6.07) is 2.81. The Morgan fingerprint density at radius 1 is 1.23 bits per heavy atom. The van der Waals surface area contributed by atoms with Crippen LogP contribution in [0.2, 0.25) is 0 Å². The molecule has 0 saturated carbocycles. The maximum Gasteiger partial charge on any atom is 0.338 e. The Labute approximate surface area is 151 Å². The summed E-state index contributed by atoms with van der Waals surface area (Å²) in [6.45, 7) is 0. The number of carbonyl (C=O) groups excluding carboxylic acids is 2. The summed E-state index contributed by atoms with van der Waals surface area (Å²) in [5, 5.41) is 22.7. The number of carboxylic acid groups (broad SMARTS) is 1. The van der Waals surface area contributed by atoms with Crippen molar-refractivity contribution in [2.75, 3.05) is 5.73 Å². The van der Waals surface area contributed by atoms with Crippen LogP contribution in [0.5, 0.6) is 0 Å². The maximum absolute atomic E-state index is 12.5. The van der Waals surface area contributed by atoms with Crippen LogP contribution in [-0.4, -0.2) is 32.4 Å². The highest BCUT2D eigenvalue weighted by molar-refractivity contribution is 9.10. The minimum atomic E-state index is -1.56. The molecule has 0 fully saturated rings. The van der Waals surface area contributed by atoms with Gasteiger partial charge in [0.15, 0.2) is 0 Å². The molecule has 0 atom stereocenters. The molecular formula is C14H7BrN4O7. The van der Waals surface area contributed by atoms with Gasteiger partial charge in [0, 0.05) is 16.6 Å². The average Bonchev–Trinajstić information content (AvgIpc) is 2.81. The predicted molar refractivity (Wildman–Crippen MR) is 89.6 cm³/mol. The van der Waals surface area contributed by atoms with Crippen LogP contribution in [-0.2, 0) is 0 Å². The number of nitrogens with two attached hydrogens (primary N) is 1. The minimum Gasteiger partial charge on any atom is -0.478 e. The molecule has 12 heteroatoms. The average molecular weight is 423 g/mol. The molecule has 0 saturated heterocycles. The summed E-state index contributed by atoms with van der Waals surface area (Å²) in [5.74, 6) is -3.88. The number of carboxylic acids is 1. The number of nitrogen functional groups attached to an aromatic ring is 1. The topological polar surface area (TPSA) is 175 Å². The fraction of sp³-hybridized carbons (Fsp3) is 0. The number of hydrogen-bond donors (Lipinski definition) is 3. The van der Waals surface area contributed by atoms with Gasteiger partial charge in [-0.1, -0.05) is 15.9 Å². The van der Waals surface area contributed by atoms with Gasteiger partial charge in [0.05, 0.1) is 21.6 Å². The summed E-state index contributed by atoms with van der Waals surface area (Å²) in [6.07, 6.45) is 0. The van der Waals surface area contributed by atoms with Crippen molar-refractivity contribution >= 4 is 45.2 Å². The molecule has 0 aliphatic carbocycles. The molecule has 1 aliphatic heterocycles. The van der Waals surface area contributed by atoms with Gasteiger partial charge < -0.3 is 10.8 Å². The van der Waals surface area contributed by atoms with E-state index >= 15 is 0 Å². The van der Waals surface area contributed by atoms with Crippen molar-refractivity contribution in [2.24, 2.45) is 0 Å². The van der Waals surface area contributed by atoms with Gasteiger partial charge in [0.25, 0.3) is 23.1 Å². The molecule has 1 aliphatic rings. The lowest BCUT2D eigenvalue weighted by Gasteiger charge is -2.14. The van der Waals surface area contributed by atoms with E-state index in [1.807, 2.05) is 5.32 Å². The summed E-state index contributed by atoms with van der Waals surface area (Å²) in [5.41, 5.74) is 2.23. The SMILES string of the molecule is Nc1c2c(cc(=O)n1-c1c(C(=O)O)cc(Br)cc1[N+](=O)[O-])C(=O)NC2=O. The largest absolute Gasteiger partial charge is 0.478 e. The number of pyridine rings is 1. The molecule has 132 valence electrons. The number of rotatable bonds is 3. The third kappa shape index (κ3) is 2.43. The lowest BCUT2D eigenvalue weighted by Crippen LogP contribution is -2.26. The van der Waals surface area contributed by atoms with Crippen LogP contribution < -0.4 is 16.6 Å². The van der Waals surface area contributed by atoms with Gasteiger partial charge in [-0.15, -0.1) is 0 Å². The highest BCUT2D eigenvalue weighted by Crippen LogP contribution is 2.33. The number of anilines is 1. The van der Waals surface area contributed by atoms with Gasteiger partial charge in [-0.2, -0.15) is 0 Å². The van der Waals surface area contributed by atoms with Gasteiger partial charge in [-0.25, -0.2) is 4.79 Å². The van der Waals surface area contributed by atoms with E-state index in [0.29, 0.717) is 4.57 Å². The zero-order valence-electron chi connectivity index (χ0n) is 12.5. The van der Waals surface area contributed by atoms with Crippen LogP contribution in [0.4, 0.5) is 11.5 Å². The number of nitrogens with zero attached hydrogens (tertiary/aromatic N) is 2. The molecular weight excluding hydrogens is 416 g/mol. The van der Waals surface area contributed by atoms with Crippen LogP contribution in [0.25, 0.3) is 5.69 Å². The standard InChI is InChI=1S/C14H7BrN4O7/c15-4-1-6(14(23)24)10(7(2-4)19(25)26)18-8(20)3-5-9(11(18)16)13(22)17-12(5)21/h1-3H,16H2,(H,23,24)(H,17,21,22). The van der Waals surface area contributed by atoms with Crippen LogP contribution in [0.3, 0.4) is 0 Å². The molecule has 1 aromatic carbocycles. The number of aromatic carboxylic acids is 1. The zero-order chi connectivity index (χ0) is 19.3. The highest BCUT2D eigenvalue weighted by Gasteiger charge is 2.34. The van der Waals surface area contributed by atoms with Gasteiger partial charge in [0.2, 0.25) is 0 Å². The second-order valence-electron chi connectivity index (χ2n) is 5.16. The number of amides is 2. The van der Waals surface area contributed by atoms with Gasteiger partial charge in [-0.3, -0.25) is 34.4 Å². The molecule has 0 bridgehead atoms. The van der Waals surface area contributed by atoms with E-state index in [1.54, 1.807) is 0 Å². The Hall–Kier alpha value is -3.54. The van der Waals surface area contributed by atoms with Crippen LogP contribution in [0, 0.1) is 10.1 Å². The van der Waals surface area contributed by atoms with Crippen LogP contribution >= 0.6 is 15.9 Å². The Bertz CT molecular complexity index is 1070. The summed E-state index contributed by atoms with van der Waals surface area (Å²) in [7, 11) is 0. The molecule has 26 heavy (non-hydrogen) atoms. The quantitative estimate of drug-likeness (QED) is 0.367. The number of carbonyl (C=O) groups is 3. The summed E-state index contributed by atoms with van der Waals surface area (Å²) >= 11 is 2.97. The lowest BCUT2D eigenvalue weighted by atomic mass is 10.1. The molecule has 4 N–H and O–H groups in total. The van der Waals surface area contributed by atoms with Gasteiger partial charge in [0.1, 0.15) is 11.5 Å². The van der Waals surface area contributed by atoms with Crippen molar-refractivity contribution in [1.82, 2.24) is 9.88 Å². The van der Waals surface area contributed by atoms with E-state index in [-0.39, 0.29) is 15.6 Å². The monoisotopic (exact) mass is 422 g/mol. The Morgan fingerprint density at radius 3 is 2.46 bits per heavy atom. The number of nitrogens with one attached hydrogen (secondary N) is 1. The number of nitro groups is 1. The number of halogens is 1. The van der Waals surface area contributed by atoms with Crippen molar-refractivity contribution in [2.45, 2.75) is 0 Å². The Balaban J connectivity index is 2.50. The van der Waals surface area contributed by atoms with Gasteiger partial charge in [-0.05, 0) is 6.07 Å². The molecule has 1 aromatic heterocycles. The molecule has 11 nitrogen and oxygen atoms in total. The van der Waals surface area contributed by atoms with Crippen molar-refractivity contribution in [1.29, 1.82) is 0 Å². The molecule has 2 heterocycles. The number of benzene rings is 1. The number of hydrogen-bond acceptors (Lipinski definition) is 7. The number of fused-ring (bicyclic) bond motifs is 1. The van der Waals surface area contributed by atoms with E-state index in [9.17, 15) is 34.4 Å². The van der Waals surface area contributed by atoms with E-state index < -0.39 is 51.0 Å². The van der Waals surface area contributed by atoms with E-state index in [2.05, 4.69) is 15.9 Å². The first-order valence-electron chi connectivity index (χ1n) is 6.76. The van der Waals surface area contributed by atoms with Crippen molar-refractivity contribution in [3.8, 4) is 5.69 Å². The molecule has 2 aromatic rings. The smallest absolute Gasteiger partial charge is 0.338 e. The maximum atomic E-state index is 12.5. The van der Waals surface area contributed by atoms with E-state index in [1.165, 1.54) is 0 Å². The third-order valence-electron chi connectivity index (χ3n) is 3.66. The first-order chi connectivity index (χ1) is 12.1. The molecule has 3 rings (SSSR count). The van der Waals surface area contributed by atoms with E-state index in [0.717, 1.165) is 18.2 Å². The van der Waals surface area contributed by atoms with Crippen molar-refractivity contribution in [3.63, 3.8) is 0 Å². The second-order valence-corrected chi connectivity index (χ2v) is 6.07. The van der Waals surface area contributed by atoms with Crippen molar-refractivity contribution < 1.29 is 24.4 Å². The first kappa shape index (κ1) is 17.3. The first-order valence-corrected chi connectivity index (χ1v) is 7.55. The Morgan fingerprint density at radius 2 is 1.88 bits per heavy atom. The second kappa shape index (κ2) is 5.77. The normalized spacial score (nSPS) is 12.7. The summed E-state index contributed by atoms with van der Waals surface area (Å²) in [4.78, 5) is 58.1. The molecule has 0 spiro atoms. The number of aromatic nitrogens is 1. The van der Waals surface area contributed by atoms with Crippen LogP contribution in [0.1, 0.15) is 31.1 Å². The lowest BCUT2D eigenvalue weighted by molar-refractivity contribution is -0.384. The molecule has 2 amide bonds. The van der Waals surface area contributed by atoms with E-state index in [4.69, 9.17) is 5.73 Å². The molecule has 0 radical (unpaired) electrons. The minimum absolute atomic E-state index is 0.0889. The third-order valence-corrected chi connectivity index (χ3v) is 4.12. The van der Waals surface area contributed by atoms with Crippen molar-refractivity contribution in [3.05, 3.63) is 59.8 Å². The highest BCUT2D eigenvalue weighted by atomic mass is 79.9. The fourth-order valence-corrected chi connectivity index (χ4v) is 3.08. The summed E-state index contributed by atoms with van der Waals surface area (Å²) < 4.78 is 0.622. The van der Waals surface area contributed by atoms with Gasteiger partial charge >= 0.3 is 5.97 Å². The Kier molecular flexibility index (Phi) is 3.84.